The van der Waals surface area contributed by atoms with E-state index >= 15 is 0 Å². The van der Waals surface area contributed by atoms with E-state index in [1.807, 2.05) is 6.20 Å². The monoisotopic (exact) mass is 192 g/mol. The minimum absolute atomic E-state index is 0.720. The molecule has 1 heterocycles. The van der Waals surface area contributed by atoms with Gasteiger partial charge in [-0.1, -0.05) is 13.3 Å². The summed E-state index contributed by atoms with van der Waals surface area (Å²) in [4.78, 5) is 4.45. The highest BCUT2D eigenvalue weighted by Gasteiger charge is 2.23. The SMILES string of the molecule is CCC1CCC(c2nccn2C)CC1. The van der Waals surface area contributed by atoms with Crippen molar-refractivity contribution >= 4 is 0 Å². The van der Waals surface area contributed by atoms with Crippen molar-refractivity contribution in [3.8, 4) is 0 Å². The van der Waals surface area contributed by atoms with Crippen LogP contribution in [0.25, 0.3) is 0 Å². The molecule has 2 rings (SSSR count). The van der Waals surface area contributed by atoms with Gasteiger partial charge < -0.3 is 4.57 Å². The summed E-state index contributed by atoms with van der Waals surface area (Å²) in [7, 11) is 2.11. The lowest BCUT2D eigenvalue weighted by molar-refractivity contribution is 0.309. The zero-order chi connectivity index (χ0) is 9.97. The van der Waals surface area contributed by atoms with Crippen molar-refractivity contribution in [1.29, 1.82) is 0 Å². The third-order valence-electron chi connectivity index (χ3n) is 3.65. The van der Waals surface area contributed by atoms with Crippen LogP contribution in [0.2, 0.25) is 0 Å². The zero-order valence-corrected chi connectivity index (χ0v) is 9.24. The van der Waals surface area contributed by atoms with E-state index in [4.69, 9.17) is 0 Å². The molecule has 2 heteroatoms. The summed E-state index contributed by atoms with van der Waals surface area (Å²) >= 11 is 0. The summed E-state index contributed by atoms with van der Waals surface area (Å²) in [6.07, 6.45) is 10.8. The number of rotatable bonds is 2. The van der Waals surface area contributed by atoms with Gasteiger partial charge in [0.15, 0.2) is 0 Å². The van der Waals surface area contributed by atoms with E-state index in [0.717, 1.165) is 11.8 Å². The van der Waals surface area contributed by atoms with E-state index in [-0.39, 0.29) is 0 Å². The first kappa shape index (κ1) is 9.75. The van der Waals surface area contributed by atoms with Gasteiger partial charge in [-0.05, 0) is 31.6 Å². The first-order valence-corrected chi connectivity index (χ1v) is 5.78. The Morgan fingerprint density at radius 1 is 1.36 bits per heavy atom. The van der Waals surface area contributed by atoms with E-state index in [2.05, 4.69) is 29.7 Å². The molecule has 0 aliphatic heterocycles. The van der Waals surface area contributed by atoms with E-state index in [1.54, 1.807) is 0 Å². The van der Waals surface area contributed by atoms with Crippen molar-refractivity contribution < 1.29 is 0 Å². The molecule has 0 N–H and O–H groups in total. The smallest absolute Gasteiger partial charge is 0.111 e. The van der Waals surface area contributed by atoms with Crippen LogP contribution in [0.15, 0.2) is 12.4 Å². The molecule has 1 fully saturated rings. The maximum atomic E-state index is 4.45. The van der Waals surface area contributed by atoms with Gasteiger partial charge in [0.25, 0.3) is 0 Å². The summed E-state index contributed by atoms with van der Waals surface area (Å²) in [5, 5.41) is 0. The molecule has 1 aliphatic carbocycles. The summed E-state index contributed by atoms with van der Waals surface area (Å²) in [6, 6.07) is 0. The quantitative estimate of drug-likeness (QED) is 0.704. The summed E-state index contributed by atoms with van der Waals surface area (Å²) in [5.74, 6) is 2.99. The fourth-order valence-electron chi connectivity index (χ4n) is 2.60. The number of aryl methyl sites for hydroxylation is 1. The molecular weight excluding hydrogens is 172 g/mol. The normalized spacial score (nSPS) is 27.9. The molecule has 78 valence electrons. The minimum Gasteiger partial charge on any atom is -0.338 e. The Bertz CT molecular complexity index is 282. The van der Waals surface area contributed by atoms with Crippen LogP contribution >= 0.6 is 0 Å². The van der Waals surface area contributed by atoms with Crippen molar-refractivity contribution in [3.63, 3.8) is 0 Å². The molecule has 1 aromatic rings. The summed E-state index contributed by atoms with van der Waals surface area (Å²) < 4.78 is 2.18. The van der Waals surface area contributed by atoms with Gasteiger partial charge in [-0.2, -0.15) is 0 Å². The van der Waals surface area contributed by atoms with Gasteiger partial charge in [-0.15, -0.1) is 0 Å². The third kappa shape index (κ3) is 1.84. The van der Waals surface area contributed by atoms with Crippen LogP contribution in [0.3, 0.4) is 0 Å². The van der Waals surface area contributed by atoms with Crippen LogP contribution in [0, 0.1) is 5.92 Å². The molecule has 0 unspecified atom stereocenters. The fraction of sp³-hybridized carbons (Fsp3) is 0.750. The molecule has 2 nitrogen and oxygen atoms in total. The van der Waals surface area contributed by atoms with Gasteiger partial charge in [0.05, 0.1) is 0 Å². The number of imidazole rings is 1. The summed E-state index contributed by atoms with van der Waals surface area (Å²) in [5.41, 5.74) is 0. The highest BCUT2D eigenvalue weighted by Crippen LogP contribution is 2.35. The van der Waals surface area contributed by atoms with E-state index in [1.165, 1.54) is 37.9 Å². The molecular formula is C12H20N2. The molecule has 1 saturated carbocycles. The fourth-order valence-corrected chi connectivity index (χ4v) is 2.60. The first-order chi connectivity index (χ1) is 6.81. The molecule has 0 saturated heterocycles. The lowest BCUT2D eigenvalue weighted by Crippen LogP contribution is -2.15. The Balaban J connectivity index is 1.99. The van der Waals surface area contributed by atoms with E-state index in [9.17, 15) is 0 Å². The topological polar surface area (TPSA) is 17.8 Å². The lowest BCUT2D eigenvalue weighted by Gasteiger charge is -2.27. The first-order valence-electron chi connectivity index (χ1n) is 5.78. The van der Waals surface area contributed by atoms with E-state index in [0.29, 0.717) is 0 Å². The highest BCUT2D eigenvalue weighted by molar-refractivity contribution is 5.01. The highest BCUT2D eigenvalue weighted by atomic mass is 15.0. The molecule has 14 heavy (non-hydrogen) atoms. The number of aromatic nitrogens is 2. The Morgan fingerprint density at radius 3 is 2.57 bits per heavy atom. The Kier molecular flexibility index (Phi) is 2.90. The Morgan fingerprint density at radius 2 is 2.07 bits per heavy atom. The predicted octanol–water partition coefficient (Wildman–Crippen LogP) is 3.10. The molecule has 0 radical (unpaired) electrons. The Hall–Kier alpha value is -0.790. The van der Waals surface area contributed by atoms with Crippen LogP contribution in [0.5, 0.6) is 0 Å². The predicted molar refractivity (Wildman–Crippen MR) is 58.2 cm³/mol. The molecule has 1 aromatic heterocycles. The third-order valence-corrected chi connectivity index (χ3v) is 3.65. The van der Waals surface area contributed by atoms with Crippen LogP contribution < -0.4 is 0 Å². The van der Waals surface area contributed by atoms with Gasteiger partial charge in [0.1, 0.15) is 5.82 Å². The van der Waals surface area contributed by atoms with E-state index < -0.39 is 0 Å². The van der Waals surface area contributed by atoms with Crippen molar-refractivity contribution in [1.82, 2.24) is 9.55 Å². The van der Waals surface area contributed by atoms with Gasteiger partial charge in [-0.3, -0.25) is 0 Å². The van der Waals surface area contributed by atoms with Crippen LogP contribution in [-0.2, 0) is 7.05 Å². The Labute approximate surface area is 86.3 Å². The van der Waals surface area contributed by atoms with Gasteiger partial charge in [-0.25, -0.2) is 4.98 Å². The standard InChI is InChI=1S/C12H20N2/c1-3-10-4-6-11(7-5-10)12-13-8-9-14(12)2/h8-11H,3-7H2,1-2H3. The number of hydrogen-bond acceptors (Lipinski definition) is 1. The second-order valence-corrected chi connectivity index (χ2v) is 4.52. The minimum atomic E-state index is 0.720. The molecule has 1 aliphatic rings. The average Bonchev–Trinajstić information content (AvgIpc) is 2.65. The largest absolute Gasteiger partial charge is 0.338 e. The van der Waals surface area contributed by atoms with Crippen molar-refractivity contribution in [3.05, 3.63) is 18.2 Å². The van der Waals surface area contributed by atoms with Crippen LogP contribution in [-0.4, -0.2) is 9.55 Å². The maximum absolute atomic E-state index is 4.45. The molecule has 0 aromatic carbocycles. The number of nitrogens with zero attached hydrogens (tertiary/aromatic N) is 2. The van der Waals surface area contributed by atoms with Gasteiger partial charge in [0.2, 0.25) is 0 Å². The lowest BCUT2D eigenvalue weighted by atomic mass is 9.80. The number of hydrogen-bond donors (Lipinski definition) is 0. The molecule has 0 atom stereocenters. The molecule has 0 amide bonds. The second-order valence-electron chi connectivity index (χ2n) is 4.52. The van der Waals surface area contributed by atoms with Crippen molar-refractivity contribution in [2.24, 2.45) is 13.0 Å². The second kappa shape index (κ2) is 4.16. The average molecular weight is 192 g/mol. The van der Waals surface area contributed by atoms with Crippen LogP contribution in [0.1, 0.15) is 50.8 Å². The van der Waals surface area contributed by atoms with Crippen molar-refractivity contribution in [2.45, 2.75) is 44.9 Å². The maximum Gasteiger partial charge on any atom is 0.111 e. The molecule has 0 bridgehead atoms. The van der Waals surface area contributed by atoms with Crippen LogP contribution in [0.4, 0.5) is 0 Å². The molecule has 0 spiro atoms. The zero-order valence-electron chi connectivity index (χ0n) is 9.24. The van der Waals surface area contributed by atoms with Gasteiger partial charge >= 0.3 is 0 Å². The summed E-state index contributed by atoms with van der Waals surface area (Å²) in [6.45, 7) is 2.31. The van der Waals surface area contributed by atoms with Crippen molar-refractivity contribution in [2.75, 3.05) is 0 Å². The van der Waals surface area contributed by atoms with Gasteiger partial charge in [0, 0.05) is 25.4 Å².